The molecule has 0 radical (unpaired) electrons. The van der Waals surface area contributed by atoms with E-state index in [4.69, 9.17) is 0 Å². The van der Waals surface area contributed by atoms with E-state index in [0.717, 1.165) is 30.5 Å². The Kier molecular flexibility index (Phi) is 4.65. The molecule has 1 heterocycles. The van der Waals surface area contributed by atoms with Gasteiger partial charge in [-0.25, -0.2) is 12.8 Å². The lowest BCUT2D eigenvalue weighted by molar-refractivity contribution is -0.125. The molecule has 2 aliphatic rings. The second-order valence-electron chi connectivity index (χ2n) is 7.74. The SMILES string of the molecule is Cc1cc(F)ccc1NS(=O)(=O)c1ccc2c(c1)C[C@H](C)N2C(=O)C1CCC1. The Balaban J connectivity index is 1.62. The predicted molar refractivity (Wildman–Crippen MR) is 106 cm³/mol. The topological polar surface area (TPSA) is 66.5 Å². The van der Waals surface area contributed by atoms with Crippen molar-refractivity contribution in [3.05, 3.63) is 53.3 Å². The fraction of sp³-hybridized carbons (Fsp3) is 0.381. The molecule has 148 valence electrons. The number of carbonyl (C=O) groups excluding carboxylic acids is 1. The van der Waals surface area contributed by atoms with E-state index in [2.05, 4.69) is 4.72 Å². The summed E-state index contributed by atoms with van der Waals surface area (Å²) in [7, 11) is -3.81. The molecule has 0 spiro atoms. The van der Waals surface area contributed by atoms with Crippen LogP contribution in [0.5, 0.6) is 0 Å². The minimum Gasteiger partial charge on any atom is -0.309 e. The quantitative estimate of drug-likeness (QED) is 0.840. The third-order valence-electron chi connectivity index (χ3n) is 5.70. The molecule has 7 heteroatoms. The zero-order chi connectivity index (χ0) is 20.1. The summed E-state index contributed by atoms with van der Waals surface area (Å²) >= 11 is 0. The van der Waals surface area contributed by atoms with Crippen molar-refractivity contribution in [2.75, 3.05) is 9.62 Å². The van der Waals surface area contributed by atoms with E-state index in [1.807, 2.05) is 11.8 Å². The molecule has 0 saturated heterocycles. The fourth-order valence-corrected chi connectivity index (χ4v) is 5.09. The van der Waals surface area contributed by atoms with Crippen molar-refractivity contribution in [2.45, 2.75) is 50.5 Å². The molecule has 2 aromatic rings. The zero-order valence-electron chi connectivity index (χ0n) is 15.9. The van der Waals surface area contributed by atoms with Crippen LogP contribution in [0.3, 0.4) is 0 Å². The fourth-order valence-electron chi connectivity index (χ4n) is 3.91. The van der Waals surface area contributed by atoms with Crippen LogP contribution in [0.25, 0.3) is 0 Å². The van der Waals surface area contributed by atoms with Crippen LogP contribution >= 0.6 is 0 Å². The number of rotatable bonds is 4. The number of hydrogen-bond donors (Lipinski definition) is 1. The number of amides is 1. The monoisotopic (exact) mass is 402 g/mol. The van der Waals surface area contributed by atoms with Gasteiger partial charge in [-0.2, -0.15) is 0 Å². The van der Waals surface area contributed by atoms with Crippen LogP contribution in [0.2, 0.25) is 0 Å². The van der Waals surface area contributed by atoms with Gasteiger partial charge in [0.05, 0.1) is 10.6 Å². The van der Waals surface area contributed by atoms with Crippen LogP contribution < -0.4 is 9.62 Å². The Hall–Kier alpha value is -2.41. The molecule has 4 rings (SSSR count). The third kappa shape index (κ3) is 3.28. The average Bonchev–Trinajstić information content (AvgIpc) is 2.90. The van der Waals surface area contributed by atoms with E-state index in [9.17, 15) is 17.6 Å². The Labute approximate surface area is 164 Å². The summed E-state index contributed by atoms with van der Waals surface area (Å²) in [6.45, 7) is 3.64. The first-order valence-corrected chi connectivity index (χ1v) is 11.0. The molecule has 1 aliphatic heterocycles. The summed E-state index contributed by atoms with van der Waals surface area (Å²) in [5.74, 6) is -0.170. The van der Waals surface area contributed by atoms with Crippen LogP contribution in [0.4, 0.5) is 15.8 Å². The van der Waals surface area contributed by atoms with Crippen molar-refractivity contribution in [2.24, 2.45) is 5.92 Å². The number of nitrogens with one attached hydrogen (secondary N) is 1. The van der Waals surface area contributed by atoms with Gasteiger partial charge in [-0.3, -0.25) is 9.52 Å². The van der Waals surface area contributed by atoms with E-state index in [-0.39, 0.29) is 22.8 Å². The Morgan fingerprint density at radius 2 is 1.93 bits per heavy atom. The summed E-state index contributed by atoms with van der Waals surface area (Å²) < 4.78 is 41.4. The first kappa shape index (κ1) is 18.9. The second-order valence-corrected chi connectivity index (χ2v) is 9.43. The molecule has 1 aliphatic carbocycles. The van der Waals surface area contributed by atoms with Crippen molar-refractivity contribution in [1.29, 1.82) is 0 Å². The zero-order valence-corrected chi connectivity index (χ0v) is 16.7. The van der Waals surface area contributed by atoms with Crippen molar-refractivity contribution >= 4 is 27.3 Å². The van der Waals surface area contributed by atoms with Gasteiger partial charge in [0.25, 0.3) is 10.0 Å². The van der Waals surface area contributed by atoms with Gasteiger partial charge >= 0.3 is 0 Å². The van der Waals surface area contributed by atoms with Gasteiger partial charge in [0, 0.05) is 17.6 Å². The smallest absolute Gasteiger partial charge is 0.261 e. The molecular formula is C21H23FN2O3S. The molecule has 0 aromatic heterocycles. The molecule has 5 nitrogen and oxygen atoms in total. The molecule has 1 saturated carbocycles. The lowest BCUT2D eigenvalue weighted by Crippen LogP contribution is -2.42. The summed E-state index contributed by atoms with van der Waals surface area (Å²) in [6.07, 6.45) is 3.60. The third-order valence-corrected chi connectivity index (χ3v) is 7.06. The van der Waals surface area contributed by atoms with Crippen molar-refractivity contribution < 1.29 is 17.6 Å². The minimum atomic E-state index is -3.81. The highest BCUT2D eigenvalue weighted by atomic mass is 32.2. The molecular weight excluding hydrogens is 379 g/mol. The Bertz CT molecular complexity index is 1050. The van der Waals surface area contributed by atoms with E-state index in [0.29, 0.717) is 17.7 Å². The van der Waals surface area contributed by atoms with Crippen LogP contribution in [0.1, 0.15) is 37.3 Å². The van der Waals surface area contributed by atoms with E-state index < -0.39 is 15.8 Å². The summed E-state index contributed by atoms with van der Waals surface area (Å²) in [6, 6.07) is 8.83. The first-order valence-electron chi connectivity index (χ1n) is 9.51. The predicted octanol–water partition coefficient (Wildman–Crippen LogP) is 4.01. The van der Waals surface area contributed by atoms with Crippen LogP contribution in [0.15, 0.2) is 41.3 Å². The molecule has 1 amide bonds. The van der Waals surface area contributed by atoms with Gasteiger partial charge in [0.1, 0.15) is 5.82 Å². The summed E-state index contributed by atoms with van der Waals surface area (Å²) in [4.78, 5) is 14.7. The number of halogens is 1. The van der Waals surface area contributed by atoms with Gasteiger partial charge in [-0.05, 0) is 80.6 Å². The highest BCUT2D eigenvalue weighted by Crippen LogP contribution is 2.38. The number of nitrogens with zero attached hydrogens (tertiary/aromatic N) is 1. The van der Waals surface area contributed by atoms with Crippen LogP contribution in [0, 0.1) is 18.7 Å². The van der Waals surface area contributed by atoms with Crippen molar-refractivity contribution in [3.8, 4) is 0 Å². The van der Waals surface area contributed by atoms with Crippen molar-refractivity contribution in [3.63, 3.8) is 0 Å². The first-order chi connectivity index (χ1) is 13.3. The second kappa shape index (κ2) is 6.88. The van der Waals surface area contributed by atoms with Crippen LogP contribution in [-0.2, 0) is 21.2 Å². The minimum absolute atomic E-state index is 0.0216. The largest absolute Gasteiger partial charge is 0.309 e. The van der Waals surface area contributed by atoms with Crippen LogP contribution in [-0.4, -0.2) is 20.4 Å². The van der Waals surface area contributed by atoms with Gasteiger partial charge < -0.3 is 4.90 Å². The lowest BCUT2D eigenvalue weighted by Gasteiger charge is -2.32. The Morgan fingerprint density at radius 1 is 1.18 bits per heavy atom. The average molecular weight is 402 g/mol. The van der Waals surface area contributed by atoms with E-state index in [1.165, 1.54) is 24.3 Å². The summed E-state index contributed by atoms with van der Waals surface area (Å²) in [5.41, 5.74) is 2.52. The molecule has 28 heavy (non-hydrogen) atoms. The maximum atomic E-state index is 13.3. The highest BCUT2D eigenvalue weighted by molar-refractivity contribution is 7.92. The number of fused-ring (bicyclic) bond motifs is 1. The molecule has 0 bridgehead atoms. The number of benzene rings is 2. The number of anilines is 2. The van der Waals surface area contributed by atoms with E-state index >= 15 is 0 Å². The molecule has 0 unspecified atom stereocenters. The number of hydrogen-bond acceptors (Lipinski definition) is 3. The molecule has 1 atom stereocenters. The van der Waals surface area contributed by atoms with Gasteiger partial charge in [-0.1, -0.05) is 6.42 Å². The number of carbonyl (C=O) groups is 1. The summed E-state index contributed by atoms with van der Waals surface area (Å²) in [5, 5.41) is 0. The Morgan fingerprint density at radius 3 is 2.57 bits per heavy atom. The number of sulfonamides is 1. The normalized spacial score (nSPS) is 19.2. The molecule has 2 aromatic carbocycles. The highest BCUT2D eigenvalue weighted by Gasteiger charge is 2.37. The maximum Gasteiger partial charge on any atom is 0.261 e. The molecule has 1 fully saturated rings. The van der Waals surface area contributed by atoms with E-state index in [1.54, 1.807) is 19.1 Å². The van der Waals surface area contributed by atoms with Gasteiger partial charge in [0.15, 0.2) is 0 Å². The van der Waals surface area contributed by atoms with Gasteiger partial charge in [0.2, 0.25) is 5.91 Å². The molecule has 1 N–H and O–H groups in total. The standard InChI is InChI=1S/C21H23FN2O3S/c1-13-10-17(22)6-8-19(13)23-28(26,27)18-7-9-20-16(12-18)11-14(2)24(20)21(25)15-4-3-5-15/h6-10,12,14-15,23H,3-5,11H2,1-2H3/t14-/m0/s1. The van der Waals surface area contributed by atoms with Gasteiger partial charge in [-0.15, -0.1) is 0 Å². The maximum absolute atomic E-state index is 13.3. The lowest BCUT2D eigenvalue weighted by atomic mass is 9.84. The van der Waals surface area contributed by atoms with Crippen molar-refractivity contribution in [1.82, 2.24) is 0 Å². The number of aryl methyl sites for hydroxylation is 1.